The van der Waals surface area contributed by atoms with Gasteiger partial charge in [-0.3, -0.25) is 0 Å². The van der Waals surface area contributed by atoms with Crippen LogP contribution in [0.2, 0.25) is 0 Å². The lowest BCUT2D eigenvalue weighted by molar-refractivity contribution is 0.414. The van der Waals surface area contributed by atoms with Crippen molar-refractivity contribution in [1.82, 2.24) is 4.98 Å². The zero-order valence-electron chi connectivity index (χ0n) is 13.0. The molecule has 0 amide bonds. The number of anilines is 3. The molecule has 0 radical (unpaired) electrons. The molecule has 0 unspecified atom stereocenters. The molecule has 2 aromatic carbocycles. The fourth-order valence-corrected chi connectivity index (χ4v) is 2.23. The van der Waals surface area contributed by atoms with E-state index in [1.807, 2.05) is 54.6 Å². The maximum Gasteiger partial charge on any atom is 0.132 e. The van der Waals surface area contributed by atoms with Gasteiger partial charge in [0.15, 0.2) is 0 Å². The van der Waals surface area contributed by atoms with Crippen molar-refractivity contribution in [3.05, 3.63) is 78.5 Å². The largest absolute Gasteiger partial charge is 0.497 e. The smallest absolute Gasteiger partial charge is 0.132 e. The number of ether oxygens (including phenoxy) is 1. The van der Waals surface area contributed by atoms with E-state index in [0.29, 0.717) is 0 Å². The van der Waals surface area contributed by atoms with Crippen molar-refractivity contribution in [2.45, 2.75) is 6.54 Å². The molecule has 0 atom stereocenters. The molecule has 0 spiro atoms. The summed E-state index contributed by atoms with van der Waals surface area (Å²) >= 11 is 0. The van der Waals surface area contributed by atoms with Crippen LogP contribution in [0.1, 0.15) is 5.56 Å². The van der Waals surface area contributed by atoms with E-state index < -0.39 is 0 Å². The third-order valence-electron chi connectivity index (χ3n) is 3.46. The minimum Gasteiger partial charge on any atom is -0.497 e. The lowest BCUT2D eigenvalue weighted by Gasteiger charge is -2.10. The average molecular weight is 305 g/mol. The van der Waals surface area contributed by atoms with Gasteiger partial charge in [-0.05, 0) is 35.9 Å². The Morgan fingerprint density at radius 1 is 0.913 bits per heavy atom. The Hall–Kier alpha value is -3.01. The first kappa shape index (κ1) is 14.9. The zero-order chi connectivity index (χ0) is 15.9. The molecule has 116 valence electrons. The highest BCUT2D eigenvalue weighted by atomic mass is 16.5. The number of nitrogens with one attached hydrogen (secondary N) is 2. The Kier molecular flexibility index (Phi) is 4.74. The SMILES string of the molecule is COc1ccc(CNc2ccnc(Nc3ccccc3)c2)cc1. The molecule has 0 aliphatic heterocycles. The molecule has 23 heavy (non-hydrogen) atoms. The van der Waals surface area contributed by atoms with Crippen molar-refractivity contribution in [3.63, 3.8) is 0 Å². The molecule has 4 nitrogen and oxygen atoms in total. The summed E-state index contributed by atoms with van der Waals surface area (Å²) in [6.45, 7) is 0.749. The van der Waals surface area contributed by atoms with Crippen LogP contribution in [-0.2, 0) is 6.54 Å². The van der Waals surface area contributed by atoms with Crippen molar-refractivity contribution in [3.8, 4) is 5.75 Å². The standard InChI is InChI=1S/C19H19N3O/c1-23-18-9-7-15(8-10-18)14-21-17-11-12-20-19(13-17)22-16-5-3-2-4-6-16/h2-13H,14H2,1H3,(H2,20,21,22). The normalized spacial score (nSPS) is 10.1. The van der Waals surface area contributed by atoms with Gasteiger partial charge in [-0.2, -0.15) is 0 Å². The van der Waals surface area contributed by atoms with Crippen LogP contribution in [-0.4, -0.2) is 12.1 Å². The second-order valence-corrected chi connectivity index (χ2v) is 5.12. The number of benzene rings is 2. The summed E-state index contributed by atoms with van der Waals surface area (Å²) in [7, 11) is 1.67. The summed E-state index contributed by atoms with van der Waals surface area (Å²) < 4.78 is 5.17. The lowest BCUT2D eigenvalue weighted by Crippen LogP contribution is -2.01. The first-order valence-electron chi connectivity index (χ1n) is 7.48. The van der Waals surface area contributed by atoms with Gasteiger partial charge < -0.3 is 15.4 Å². The molecule has 4 heteroatoms. The Morgan fingerprint density at radius 2 is 1.70 bits per heavy atom. The molecule has 1 aromatic heterocycles. The van der Waals surface area contributed by atoms with Gasteiger partial charge in [0.1, 0.15) is 11.6 Å². The highest BCUT2D eigenvalue weighted by molar-refractivity contribution is 5.60. The Morgan fingerprint density at radius 3 is 2.43 bits per heavy atom. The summed E-state index contributed by atoms with van der Waals surface area (Å²) in [5, 5.41) is 6.69. The van der Waals surface area contributed by atoms with Gasteiger partial charge in [0.25, 0.3) is 0 Å². The highest BCUT2D eigenvalue weighted by Gasteiger charge is 1.99. The van der Waals surface area contributed by atoms with E-state index in [1.54, 1.807) is 13.3 Å². The fourth-order valence-electron chi connectivity index (χ4n) is 2.23. The maximum absolute atomic E-state index is 5.17. The number of nitrogens with zero attached hydrogens (tertiary/aromatic N) is 1. The number of para-hydroxylation sites is 1. The van der Waals surface area contributed by atoms with Crippen LogP contribution in [0.3, 0.4) is 0 Å². The van der Waals surface area contributed by atoms with Crippen LogP contribution >= 0.6 is 0 Å². The van der Waals surface area contributed by atoms with Gasteiger partial charge in [-0.1, -0.05) is 30.3 Å². The quantitative estimate of drug-likeness (QED) is 0.706. The van der Waals surface area contributed by atoms with Crippen molar-refractivity contribution in [1.29, 1.82) is 0 Å². The van der Waals surface area contributed by atoms with Crippen molar-refractivity contribution in [2.24, 2.45) is 0 Å². The topological polar surface area (TPSA) is 46.2 Å². The van der Waals surface area contributed by atoms with Crippen LogP contribution in [0.25, 0.3) is 0 Å². The molecule has 0 fully saturated rings. The summed E-state index contributed by atoms with van der Waals surface area (Å²) in [6.07, 6.45) is 1.79. The summed E-state index contributed by atoms with van der Waals surface area (Å²) in [6, 6.07) is 22.0. The summed E-state index contributed by atoms with van der Waals surface area (Å²) in [5.41, 5.74) is 3.24. The monoisotopic (exact) mass is 305 g/mol. The van der Waals surface area contributed by atoms with Gasteiger partial charge in [0, 0.05) is 30.2 Å². The van der Waals surface area contributed by atoms with E-state index >= 15 is 0 Å². The minimum atomic E-state index is 0.749. The number of hydrogen-bond donors (Lipinski definition) is 2. The molecule has 0 aliphatic rings. The van der Waals surface area contributed by atoms with E-state index in [9.17, 15) is 0 Å². The molecule has 0 aliphatic carbocycles. The molecule has 0 saturated carbocycles. The summed E-state index contributed by atoms with van der Waals surface area (Å²) in [5.74, 6) is 1.68. The van der Waals surface area contributed by atoms with Gasteiger partial charge in [0.2, 0.25) is 0 Å². The van der Waals surface area contributed by atoms with Crippen molar-refractivity contribution < 1.29 is 4.74 Å². The van der Waals surface area contributed by atoms with Gasteiger partial charge in [-0.15, -0.1) is 0 Å². The van der Waals surface area contributed by atoms with Crippen molar-refractivity contribution in [2.75, 3.05) is 17.7 Å². The fraction of sp³-hybridized carbons (Fsp3) is 0.105. The Labute approximate surface area is 136 Å². The van der Waals surface area contributed by atoms with Crippen LogP contribution in [0.15, 0.2) is 72.9 Å². The molecule has 0 saturated heterocycles. The van der Waals surface area contributed by atoms with Gasteiger partial charge in [-0.25, -0.2) is 4.98 Å². The molecule has 3 rings (SSSR count). The van der Waals surface area contributed by atoms with E-state index in [-0.39, 0.29) is 0 Å². The highest BCUT2D eigenvalue weighted by Crippen LogP contribution is 2.18. The van der Waals surface area contributed by atoms with E-state index in [1.165, 1.54) is 5.56 Å². The average Bonchev–Trinajstić information content (AvgIpc) is 2.62. The van der Waals surface area contributed by atoms with Crippen molar-refractivity contribution >= 4 is 17.2 Å². The number of pyridine rings is 1. The lowest BCUT2D eigenvalue weighted by atomic mass is 10.2. The predicted molar refractivity (Wildman–Crippen MR) is 94.3 cm³/mol. The minimum absolute atomic E-state index is 0.749. The van der Waals surface area contributed by atoms with Crippen LogP contribution in [0.4, 0.5) is 17.2 Å². The second-order valence-electron chi connectivity index (χ2n) is 5.12. The molecule has 2 N–H and O–H groups in total. The molecule has 3 aromatic rings. The molecular weight excluding hydrogens is 286 g/mol. The maximum atomic E-state index is 5.17. The van der Waals surface area contributed by atoms with E-state index in [2.05, 4.69) is 27.8 Å². The van der Waals surface area contributed by atoms with Crippen LogP contribution in [0, 0.1) is 0 Å². The van der Waals surface area contributed by atoms with Gasteiger partial charge >= 0.3 is 0 Å². The van der Waals surface area contributed by atoms with Gasteiger partial charge in [0.05, 0.1) is 7.11 Å². The summed E-state index contributed by atoms with van der Waals surface area (Å²) in [4.78, 5) is 4.34. The zero-order valence-corrected chi connectivity index (χ0v) is 13.0. The molecule has 0 bridgehead atoms. The number of methoxy groups -OCH3 is 1. The third kappa shape index (κ3) is 4.23. The van der Waals surface area contributed by atoms with Crippen LogP contribution < -0.4 is 15.4 Å². The Bertz CT molecular complexity index is 742. The second kappa shape index (κ2) is 7.31. The third-order valence-corrected chi connectivity index (χ3v) is 3.46. The number of rotatable bonds is 6. The first-order valence-corrected chi connectivity index (χ1v) is 7.48. The number of aromatic nitrogens is 1. The molecular formula is C19H19N3O. The van der Waals surface area contributed by atoms with E-state index in [0.717, 1.165) is 29.5 Å². The molecule has 1 heterocycles. The number of hydrogen-bond acceptors (Lipinski definition) is 4. The predicted octanol–water partition coefficient (Wildman–Crippen LogP) is 4.45. The Balaban J connectivity index is 1.63. The first-order chi connectivity index (χ1) is 11.3. The van der Waals surface area contributed by atoms with E-state index in [4.69, 9.17) is 4.74 Å². The van der Waals surface area contributed by atoms with Crippen LogP contribution in [0.5, 0.6) is 5.75 Å².